The molecule has 20 heavy (non-hydrogen) atoms. The van der Waals surface area contributed by atoms with E-state index in [4.69, 9.17) is 23.2 Å². The van der Waals surface area contributed by atoms with Gasteiger partial charge in [-0.2, -0.15) is 0 Å². The highest BCUT2D eigenvalue weighted by molar-refractivity contribution is 6.17. The Morgan fingerprint density at radius 1 is 0.650 bits per heavy atom. The third-order valence-electron chi connectivity index (χ3n) is 2.74. The van der Waals surface area contributed by atoms with Crippen molar-refractivity contribution in [3.05, 3.63) is 83.9 Å². The number of hydrogen-bond acceptors (Lipinski definition) is 0. The summed E-state index contributed by atoms with van der Waals surface area (Å²) in [5.74, 6) is 1.16. The average molecular weight is 305 g/mol. The molecule has 0 spiro atoms. The molecule has 0 aromatic heterocycles. The maximum Gasteiger partial charge on any atom is 0.0474 e. The van der Waals surface area contributed by atoms with E-state index in [1.165, 1.54) is 0 Å². The topological polar surface area (TPSA) is 0 Å². The number of hydrogen-bond donors (Lipinski definition) is 0. The number of benzene rings is 2. The summed E-state index contributed by atoms with van der Waals surface area (Å²) >= 11 is 11.2. The van der Waals surface area contributed by atoms with Crippen LogP contribution in [0.1, 0.15) is 22.3 Å². The van der Waals surface area contributed by atoms with Gasteiger partial charge in [-0.25, -0.2) is 0 Å². The zero-order valence-corrected chi connectivity index (χ0v) is 12.9. The first kappa shape index (κ1) is 16.6. The van der Waals surface area contributed by atoms with Crippen molar-refractivity contribution in [2.75, 3.05) is 0 Å². The molecule has 0 fully saturated rings. The summed E-state index contributed by atoms with van der Waals surface area (Å²) in [5.41, 5.74) is 4.56. The Morgan fingerprint density at radius 2 is 0.950 bits per heavy atom. The van der Waals surface area contributed by atoms with Gasteiger partial charge in [-0.1, -0.05) is 73.8 Å². The molecule has 0 aliphatic heterocycles. The average Bonchev–Trinajstić information content (AvgIpc) is 2.55. The van der Waals surface area contributed by atoms with Gasteiger partial charge in [0.25, 0.3) is 0 Å². The van der Waals surface area contributed by atoms with Gasteiger partial charge < -0.3 is 0 Å². The second kappa shape index (κ2) is 9.41. The highest BCUT2D eigenvalue weighted by atomic mass is 35.5. The molecule has 0 amide bonds. The second-order valence-electron chi connectivity index (χ2n) is 4.16. The van der Waals surface area contributed by atoms with Crippen molar-refractivity contribution in [1.82, 2.24) is 0 Å². The molecule has 2 heteroatoms. The summed E-state index contributed by atoms with van der Waals surface area (Å²) < 4.78 is 0. The maximum absolute atomic E-state index is 5.60. The van der Waals surface area contributed by atoms with Gasteiger partial charge in [0.2, 0.25) is 0 Å². The fraction of sp³-hybridized carbons (Fsp3) is 0.111. The van der Waals surface area contributed by atoms with Gasteiger partial charge >= 0.3 is 0 Å². The van der Waals surface area contributed by atoms with Crippen molar-refractivity contribution in [3.8, 4) is 0 Å². The predicted octanol–water partition coefficient (Wildman–Crippen LogP) is 6.14. The fourth-order valence-electron chi connectivity index (χ4n) is 1.49. The number of alkyl halides is 2. The molecule has 0 aliphatic carbocycles. The number of rotatable bonds is 4. The van der Waals surface area contributed by atoms with Crippen LogP contribution in [-0.4, -0.2) is 0 Å². The van der Waals surface area contributed by atoms with Crippen LogP contribution in [0.25, 0.3) is 12.2 Å². The summed E-state index contributed by atoms with van der Waals surface area (Å²) in [6, 6.07) is 16.0. The van der Waals surface area contributed by atoms with Crippen LogP contribution in [0, 0.1) is 0 Å². The van der Waals surface area contributed by atoms with Gasteiger partial charge in [-0.05, 0) is 22.3 Å². The molecule has 0 radical (unpaired) electrons. The Hall–Kier alpha value is -1.50. The van der Waals surface area contributed by atoms with E-state index >= 15 is 0 Å². The summed E-state index contributed by atoms with van der Waals surface area (Å²) in [4.78, 5) is 0. The van der Waals surface area contributed by atoms with Crippen LogP contribution < -0.4 is 0 Å². The Labute approximate surface area is 131 Å². The van der Waals surface area contributed by atoms with E-state index in [2.05, 4.69) is 13.2 Å². The predicted molar refractivity (Wildman–Crippen MR) is 92.2 cm³/mol. The molecular weight excluding hydrogens is 287 g/mol. The van der Waals surface area contributed by atoms with Crippen LogP contribution in [0.2, 0.25) is 0 Å². The lowest BCUT2D eigenvalue weighted by molar-refractivity contribution is 1.40. The lowest BCUT2D eigenvalue weighted by Gasteiger charge is -1.94. The van der Waals surface area contributed by atoms with Crippen LogP contribution in [0.3, 0.4) is 0 Å². The Bertz CT molecular complexity index is 473. The molecule has 2 aromatic rings. The highest BCUT2D eigenvalue weighted by Crippen LogP contribution is 2.07. The van der Waals surface area contributed by atoms with E-state index in [0.29, 0.717) is 11.8 Å². The van der Waals surface area contributed by atoms with Gasteiger partial charge in [0, 0.05) is 11.8 Å². The summed E-state index contributed by atoms with van der Waals surface area (Å²) in [6.07, 6.45) is 3.63. The minimum Gasteiger partial charge on any atom is -0.122 e. The largest absolute Gasteiger partial charge is 0.122 e. The summed E-state index contributed by atoms with van der Waals surface area (Å²) in [5, 5.41) is 0. The molecule has 0 bridgehead atoms. The number of halogens is 2. The van der Waals surface area contributed by atoms with Crippen LogP contribution in [0.15, 0.2) is 61.7 Å². The van der Waals surface area contributed by atoms with Gasteiger partial charge in [0.15, 0.2) is 0 Å². The monoisotopic (exact) mass is 304 g/mol. The lowest BCUT2D eigenvalue weighted by atomic mass is 10.1. The Kier molecular flexibility index (Phi) is 7.79. The minimum atomic E-state index is 0.581. The molecule has 0 saturated heterocycles. The van der Waals surface area contributed by atoms with E-state index in [-0.39, 0.29) is 0 Å². The van der Waals surface area contributed by atoms with E-state index in [9.17, 15) is 0 Å². The molecule has 2 rings (SSSR count). The molecule has 0 nitrogen and oxygen atoms in total. The SMILES string of the molecule is C=Cc1ccc(CCl)cc1.C=Cc1ccc(CCl)cc1. The third-order valence-corrected chi connectivity index (χ3v) is 3.36. The van der Waals surface area contributed by atoms with Gasteiger partial charge in [-0.15, -0.1) is 23.2 Å². The molecule has 0 saturated carbocycles. The fourth-order valence-corrected chi connectivity index (χ4v) is 1.84. The maximum atomic E-state index is 5.60. The van der Waals surface area contributed by atoms with Crippen LogP contribution >= 0.6 is 23.2 Å². The Balaban J connectivity index is 0.000000200. The second-order valence-corrected chi connectivity index (χ2v) is 4.69. The Morgan fingerprint density at radius 3 is 1.15 bits per heavy atom. The van der Waals surface area contributed by atoms with Crippen molar-refractivity contribution in [2.24, 2.45) is 0 Å². The molecule has 104 valence electrons. The zero-order chi connectivity index (χ0) is 14.8. The standard InChI is InChI=1S/2C9H9Cl/c2*1-2-8-3-5-9(7-10)6-4-8/h2*2-6H,1,7H2. The molecule has 0 unspecified atom stereocenters. The van der Waals surface area contributed by atoms with Crippen molar-refractivity contribution in [3.63, 3.8) is 0 Å². The van der Waals surface area contributed by atoms with E-state index in [1.54, 1.807) is 0 Å². The van der Waals surface area contributed by atoms with E-state index in [1.807, 2.05) is 60.7 Å². The van der Waals surface area contributed by atoms with Gasteiger partial charge in [0.1, 0.15) is 0 Å². The summed E-state index contributed by atoms with van der Waals surface area (Å²) in [6.45, 7) is 7.31. The van der Waals surface area contributed by atoms with Crippen molar-refractivity contribution in [2.45, 2.75) is 11.8 Å². The normalized spacial score (nSPS) is 9.30. The quantitative estimate of drug-likeness (QED) is 0.595. The van der Waals surface area contributed by atoms with Gasteiger partial charge in [0.05, 0.1) is 0 Å². The lowest BCUT2D eigenvalue weighted by Crippen LogP contribution is -1.76. The van der Waals surface area contributed by atoms with Crippen molar-refractivity contribution >= 4 is 35.4 Å². The van der Waals surface area contributed by atoms with E-state index < -0.39 is 0 Å². The van der Waals surface area contributed by atoms with Crippen LogP contribution in [0.4, 0.5) is 0 Å². The first-order chi connectivity index (χ1) is 9.73. The molecular formula is C18H18Cl2. The first-order valence-corrected chi connectivity index (χ1v) is 7.35. The summed E-state index contributed by atoms with van der Waals surface area (Å²) in [7, 11) is 0. The molecule has 0 atom stereocenters. The highest BCUT2D eigenvalue weighted by Gasteiger charge is 1.88. The van der Waals surface area contributed by atoms with Crippen LogP contribution in [-0.2, 0) is 11.8 Å². The van der Waals surface area contributed by atoms with Crippen molar-refractivity contribution < 1.29 is 0 Å². The molecule has 2 aromatic carbocycles. The van der Waals surface area contributed by atoms with Crippen LogP contribution in [0.5, 0.6) is 0 Å². The first-order valence-electron chi connectivity index (χ1n) is 6.28. The zero-order valence-electron chi connectivity index (χ0n) is 11.4. The van der Waals surface area contributed by atoms with Gasteiger partial charge in [-0.3, -0.25) is 0 Å². The smallest absolute Gasteiger partial charge is 0.0474 e. The molecule has 0 aliphatic rings. The molecule has 0 heterocycles. The minimum absolute atomic E-state index is 0.581. The third kappa shape index (κ3) is 5.64. The van der Waals surface area contributed by atoms with E-state index in [0.717, 1.165) is 22.3 Å². The van der Waals surface area contributed by atoms with Crippen molar-refractivity contribution in [1.29, 1.82) is 0 Å². The molecule has 0 N–H and O–H groups in total.